The summed E-state index contributed by atoms with van der Waals surface area (Å²) in [4.78, 5) is 19.5. The molecule has 0 saturated heterocycles. The minimum atomic E-state index is -5.39. The number of hydrogen-bond donors (Lipinski definition) is 0. The maximum Gasteiger partial charge on any atom is 0.427 e. The average Bonchev–Trinajstić information content (AvgIpc) is 2.42. The fourth-order valence-electron chi connectivity index (χ4n) is 1.33. The molecule has 0 aliphatic rings. The van der Waals surface area contributed by atoms with Gasteiger partial charge in [-0.1, -0.05) is 12.1 Å². The molecule has 0 heterocycles. The van der Waals surface area contributed by atoms with Crippen LogP contribution in [0.2, 0.25) is 0 Å². The van der Waals surface area contributed by atoms with Crippen LogP contribution in [0.4, 0.5) is 18.9 Å². The Kier molecular flexibility index (Phi) is 5.09. The fraction of sp³-hybridized carbons (Fsp3) is 0.300. The third-order valence-corrected chi connectivity index (χ3v) is 3.60. The zero-order chi connectivity index (χ0) is 17.1. The first-order valence-corrected chi connectivity index (χ1v) is 6.72. The first-order chi connectivity index (χ1) is 10.0. The molecule has 8 nitrogen and oxygen atoms in total. The fourth-order valence-corrected chi connectivity index (χ4v) is 2.52. The molecule has 1 atom stereocenters. The van der Waals surface area contributed by atoms with E-state index in [2.05, 4.69) is 8.92 Å². The molecule has 0 N–H and O–H groups in total. The first-order valence-electron chi connectivity index (χ1n) is 5.32. The minimum Gasteiger partial charge on any atom is -0.467 e. The molecule has 12 heteroatoms. The Bertz CT molecular complexity index is 686. The van der Waals surface area contributed by atoms with E-state index < -0.39 is 43.9 Å². The SMILES string of the molecule is COC(=O)C(OS(=O)(=O)c1ccccc1[N+](=O)[O-])C(F)(F)F. The summed E-state index contributed by atoms with van der Waals surface area (Å²) in [5, 5.41) is 10.7. The van der Waals surface area contributed by atoms with Gasteiger partial charge in [0, 0.05) is 6.07 Å². The van der Waals surface area contributed by atoms with Crippen LogP contribution >= 0.6 is 0 Å². The first kappa shape index (κ1) is 17.8. The third-order valence-electron chi connectivity index (χ3n) is 2.27. The Hall–Kier alpha value is -2.21. The molecule has 1 aromatic carbocycles. The van der Waals surface area contributed by atoms with Crippen molar-refractivity contribution in [2.24, 2.45) is 0 Å². The second-order valence-corrected chi connectivity index (χ2v) is 5.26. The van der Waals surface area contributed by atoms with Gasteiger partial charge in [0.2, 0.25) is 0 Å². The highest BCUT2D eigenvalue weighted by atomic mass is 32.2. The molecule has 0 spiro atoms. The molecule has 22 heavy (non-hydrogen) atoms. The van der Waals surface area contributed by atoms with E-state index in [9.17, 15) is 36.5 Å². The highest BCUT2D eigenvalue weighted by Crippen LogP contribution is 2.30. The number of methoxy groups -OCH3 is 1. The Morgan fingerprint density at radius 3 is 2.32 bits per heavy atom. The van der Waals surface area contributed by atoms with Crippen molar-refractivity contribution in [3.05, 3.63) is 34.4 Å². The van der Waals surface area contributed by atoms with Crippen LogP contribution in [-0.2, 0) is 23.8 Å². The largest absolute Gasteiger partial charge is 0.467 e. The normalized spacial score (nSPS) is 13.5. The van der Waals surface area contributed by atoms with Crippen LogP contribution in [0.15, 0.2) is 29.2 Å². The number of benzene rings is 1. The number of halogens is 3. The summed E-state index contributed by atoms with van der Waals surface area (Å²) in [7, 11) is -4.64. The molecule has 0 radical (unpaired) electrons. The van der Waals surface area contributed by atoms with Gasteiger partial charge in [0.25, 0.3) is 11.8 Å². The molecule has 0 aliphatic carbocycles. The number of para-hydroxylation sites is 1. The standard InChI is InChI=1S/C10H8F3NO7S/c1-20-9(15)8(10(11,12)13)21-22(18,19)7-5-3-2-4-6(7)14(16)17/h2-5,8H,1H3. The Balaban J connectivity index is 3.31. The second-order valence-electron chi connectivity index (χ2n) is 3.72. The van der Waals surface area contributed by atoms with Gasteiger partial charge in [-0.3, -0.25) is 10.1 Å². The molecule has 0 fully saturated rings. The van der Waals surface area contributed by atoms with Gasteiger partial charge in [0.1, 0.15) is 0 Å². The highest BCUT2D eigenvalue weighted by molar-refractivity contribution is 7.87. The van der Waals surface area contributed by atoms with Gasteiger partial charge in [0.05, 0.1) is 12.0 Å². The zero-order valence-electron chi connectivity index (χ0n) is 10.7. The maximum absolute atomic E-state index is 12.6. The monoisotopic (exact) mass is 343 g/mol. The molecule has 0 saturated carbocycles. The van der Waals surface area contributed by atoms with E-state index in [0.29, 0.717) is 13.2 Å². The lowest BCUT2D eigenvalue weighted by Crippen LogP contribution is -2.41. The zero-order valence-corrected chi connectivity index (χ0v) is 11.6. The van der Waals surface area contributed by atoms with E-state index in [-0.39, 0.29) is 0 Å². The van der Waals surface area contributed by atoms with E-state index in [1.807, 2.05) is 0 Å². The van der Waals surface area contributed by atoms with Crippen LogP contribution < -0.4 is 0 Å². The lowest BCUT2D eigenvalue weighted by Gasteiger charge is -2.17. The molecule has 1 rings (SSSR count). The maximum atomic E-state index is 12.6. The number of nitrogens with zero attached hydrogens (tertiary/aromatic N) is 1. The van der Waals surface area contributed by atoms with Gasteiger partial charge >= 0.3 is 22.3 Å². The van der Waals surface area contributed by atoms with Crippen molar-refractivity contribution in [3.8, 4) is 0 Å². The number of ether oxygens (including phenoxy) is 1. The van der Waals surface area contributed by atoms with Crippen molar-refractivity contribution in [1.29, 1.82) is 0 Å². The molecule has 0 bridgehead atoms. The predicted octanol–water partition coefficient (Wildman–Crippen LogP) is 1.40. The number of nitro groups is 1. The summed E-state index contributed by atoms with van der Waals surface area (Å²) in [6.07, 6.45) is -8.81. The number of carbonyl (C=O) groups excluding carboxylic acids is 1. The Morgan fingerprint density at radius 2 is 1.86 bits per heavy atom. The van der Waals surface area contributed by atoms with E-state index >= 15 is 0 Å². The van der Waals surface area contributed by atoms with Gasteiger partial charge in [-0.05, 0) is 6.07 Å². The summed E-state index contributed by atoms with van der Waals surface area (Å²) < 4.78 is 69.1. The van der Waals surface area contributed by atoms with Crippen molar-refractivity contribution in [2.75, 3.05) is 7.11 Å². The van der Waals surface area contributed by atoms with Gasteiger partial charge in [-0.15, -0.1) is 0 Å². The van der Waals surface area contributed by atoms with Gasteiger partial charge in [-0.25, -0.2) is 8.98 Å². The Labute approximate surface area is 121 Å². The number of nitro benzene ring substituents is 1. The van der Waals surface area contributed by atoms with Crippen molar-refractivity contribution in [1.82, 2.24) is 0 Å². The van der Waals surface area contributed by atoms with Crippen LogP contribution in [0.1, 0.15) is 0 Å². The molecule has 0 aromatic heterocycles. The van der Waals surface area contributed by atoms with E-state index in [1.165, 1.54) is 0 Å². The topological polar surface area (TPSA) is 113 Å². The van der Waals surface area contributed by atoms with Crippen LogP contribution in [0.5, 0.6) is 0 Å². The van der Waals surface area contributed by atoms with Gasteiger partial charge in [0.15, 0.2) is 4.90 Å². The summed E-state index contributed by atoms with van der Waals surface area (Å²) in [5.74, 6) is -2.00. The molecular weight excluding hydrogens is 335 g/mol. The van der Waals surface area contributed by atoms with Crippen LogP contribution in [0.25, 0.3) is 0 Å². The van der Waals surface area contributed by atoms with Crippen molar-refractivity contribution in [2.45, 2.75) is 17.2 Å². The lowest BCUT2D eigenvalue weighted by atomic mass is 10.3. The van der Waals surface area contributed by atoms with E-state index in [1.54, 1.807) is 0 Å². The summed E-state index contributed by atoms with van der Waals surface area (Å²) >= 11 is 0. The molecule has 122 valence electrons. The van der Waals surface area contributed by atoms with Crippen LogP contribution in [0.3, 0.4) is 0 Å². The molecule has 1 aromatic rings. The minimum absolute atomic E-state index is 0.599. The summed E-state index contributed by atoms with van der Waals surface area (Å²) in [6, 6.07) is 3.60. The summed E-state index contributed by atoms with van der Waals surface area (Å²) in [5.41, 5.74) is -0.992. The Morgan fingerprint density at radius 1 is 1.32 bits per heavy atom. The van der Waals surface area contributed by atoms with Crippen LogP contribution in [0, 0.1) is 10.1 Å². The number of hydrogen-bond acceptors (Lipinski definition) is 7. The van der Waals surface area contributed by atoms with Crippen molar-refractivity contribution in [3.63, 3.8) is 0 Å². The molecule has 0 aliphatic heterocycles. The predicted molar refractivity (Wildman–Crippen MR) is 63.2 cm³/mol. The molecule has 1 unspecified atom stereocenters. The average molecular weight is 343 g/mol. The number of carbonyl (C=O) groups is 1. The molecular formula is C10H8F3NO7S. The van der Waals surface area contributed by atoms with Gasteiger partial charge in [-0.2, -0.15) is 21.6 Å². The van der Waals surface area contributed by atoms with Gasteiger partial charge < -0.3 is 4.74 Å². The summed E-state index contributed by atoms with van der Waals surface area (Å²) in [6.45, 7) is 0. The number of alkyl halides is 3. The van der Waals surface area contributed by atoms with Crippen LogP contribution in [-0.4, -0.2) is 38.7 Å². The number of rotatable bonds is 5. The third kappa shape index (κ3) is 3.92. The second kappa shape index (κ2) is 6.27. The quantitative estimate of drug-likeness (QED) is 0.344. The van der Waals surface area contributed by atoms with Crippen molar-refractivity contribution < 1.29 is 40.2 Å². The highest BCUT2D eigenvalue weighted by Gasteiger charge is 2.50. The van der Waals surface area contributed by atoms with E-state index in [0.717, 1.165) is 18.2 Å². The van der Waals surface area contributed by atoms with Crippen molar-refractivity contribution >= 4 is 21.8 Å². The number of esters is 1. The smallest absolute Gasteiger partial charge is 0.427 e. The van der Waals surface area contributed by atoms with E-state index in [4.69, 9.17) is 0 Å². The lowest BCUT2D eigenvalue weighted by molar-refractivity contribution is -0.387. The molecule has 0 amide bonds.